The summed E-state index contributed by atoms with van der Waals surface area (Å²) in [5.41, 5.74) is 4.04. The maximum absolute atomic E-state index is 13.8. The van der Waals surface area contributed by atoms with Crippen molar-refractivity contribution in [2.24, 2.45) is 5.41 Å². The zero-order valence-electron chi connectivity index (χ0n) is 24.7. The van der Waals surface area contributed by atoms with Crippen molar-refractivity contribution in [2.45, 2.75) is 45.6 Å². The number of nitrogens with zero attached hydrogens (tertiary/aromatic N) is 1. The highest BCUT2D eigenvalue weighted by Crippen LogP contribution is 2.30. The molecule has 1 fully saturated rings. The Bertz CT molecular complexity index is 1770. The highest BCUT2D eigenvalue weighted by atomic mass is 16.7. The first-order valence-electron chi connectivity index (χ1n) is 14.7. The molecule has 1 saturated heterocycles. The average Bonchev–Trinajstić information content (AvgIpc) is 3.41. The molecule has 9 nitrogen and oxygen atoms in total. The van der Waals surface area contributed by atoms with E-state index in [1.165, 1.54) is 0 Å². The molecule has 2 aromatic heterocycles. The van der Waals surface area contributed by atoms with Crippen LogP contribution in [0.2, 0.25) is 0 Å². The molecule has 3 N–H and O–H groups in total. The van der Waals surface area contributed by atoms with E-state index in [2.05, 4.69) is 24.1 Å². The second-order valence-corrected chi connectivity index (χ2v) is 12.0. The number of carbonyl (C=O) groups excluding carboxylic acids is 2. The molecular formula is C35H35N3O6. The average molecular weight is 594 g/mol. The number of carbonyl (C=O) groups is 2. The lowest BCUT2D eigenvalue weighted by molar-refractivity contribution is -0.220. The number of benzene rings is 3. The van der Waals surface area contributed by atoms with Gasteiger partial charge >= 0.3 is 5.97 Å². The standard InChI is InChI=1S/C35H35N3O6/c1-35(2)20-43-31(44-21-35)18-28-32-26(25-10-6-7-11-27(25)37-32)17-29(36-28)33(40)38-30(16-22-12-14-24(39)15-13-22)34(41)42-19-23-8-4-3-5-9-23/h3-15,17,30-31,37,39H,16,18-21H2,1-2H3,(H,38,40)/t30-/m0/s1. The van der Waals surface area contributed by atoms with Gasteiger partial charge in [-0.25, -0.2) is 9.78 Å². The van der Waals surface area contributed by atoms with Gasteiger partial charge < -0.3 is 29.6 Å². The topological polar surface area (TPSA) is 123 Å². The van der Waals surface area contributed by atoms with Crippen molar-refractivity contribution in [3.8, 4) is 5.75 Å². The van der Waals surface area contributed by atoms with E-state index < -0.39 is 24.2 Å². The van der Waals surface area contributed by atoms with Gasteiger partial charge in [-0.3, -0.25) is 4.79 Å². The molecule has 1 aliphatic heterocycles. The normalized spacial score (nSPS) is 15.7. The van der Waals surface area contributed by atoms with Crippen LogP contribution in [0.15, 0.2) is 84.9 Å². The predicted octanol–water partition coefficient (Wildman–Crippen LogP) is 5.45. The smallest absolute Gasteiger partial charge is 0.329 e. The third-order valence-electron chi connectivity index (χ3n) is 7.67. The summed E-state index contributed by atoms with van der Waals surface area (Å²) in [5, 5.41) is 14.4. The molecule has 5 aromatic rings. The van der Waals surface area contributed by atoms with E-state index in [0.29, 0.717) is 25.3 Å². The van der Waals surface area contributed by atoms with Gasteiger partial charge in [0.1, 0.15) is 24.1 Å². The first kappa shape index (κ1) is 29.3. The van der Waals surface area contributed by atoms with Crippen LogP contribution in [-0.4, -0.2) is 52.5 Å². The van der Waals surface area contributed by atoms with Gasteiger partial charge in [0.2, 0.25) is 0 Å². The second kappa shape index (κ2) is 12.5. The fourth-order valence-electron chi connectivity index (χ4n) is 5.30. The Labute approximate surface area is 255 Å². The molecule has 0 radical (unpaired) electrons. The number of rotatable bonds is 9. The Morgan fingerprint density at radius 3 is 2.43 bits per heavy atom. The van der Waals surface area contributed by atoms with Crippen LogP contribution in [-0.2, 0) is 38.5 Å². The van der Waals surface area contributed by atoms with Gasteiger partial charge in [-0.15, -0.1) is 0 Å². The molecular weight excluding hydrogens is 558 g/mol. The van der Waals surface area contributed by atoms with Crippen molar-refractivity contribution in [1.82, 2.24) is 15.3 Å². The number of aromatic nitrogens is 2. The van der Waals surface area contributed by atoms with E-state index >= 15 is 0 Å². The van der Waals surface area contributed by atoms with Crippen LogP contribution in [0, 0.1) is 5.41 Å². The maximum atomic E-state index is 13.8. The summed E-state index contributed by atoms with van der Waals surface area (Å²) in [4.78, 5) is 35.4. The van der Waals surface area contributed by atoms with Crippen LogP contribution < -0.4 is 5.32 Å². The Morgan fingerprint density at radius 1 is 0.977 bits per heavy atom. The summed E-state index contributed by atoms with van der Waals surface area (Å²) in [6.45, 7) is 5.35. The van der Waals surface area contributed by atoms with E-state index in [-0.39, 0.29) is 29.9 Å². The van der Waals surface area contributed by atoms with Crippen molar-refractivity contribution < 1.29 is 28.9 Å². The van der Waals surface area contributed by atoms with Crippen LogP contribution in [0.25, 0.3) is 21.8 Å². The minimum absolute atomic E-state index is 0.0729. The number of para-hydroxylation sites is 1. The minimum Gasteiger partial charge on any atom is -0.508 e. The first-order valence-corrected chi connectivity index (χ1v) is 14.7. The Kier molecular flexibility index (Phi) is 8.32. The Morgan fingerprint density at radius 2 is 1.68 bits per heavy atom. The molecule has 3 aromatic carbocycles. The summed E-state index contributed by atoms with van der Waals surface area (Å²) in [5.74, 6) is -0.972. The van der Waals surface area contributed by atoms with Crippen LogP contribution in [0.4, 0.5) is 0 Å². The number of amides is 1. The largest absolute Gasteiger partial charge is 0.508 e. The number of hydrogen-bond donors (Lipinski definition) is 3. The number of H-pyrrole nitrogens is 1. The molecule has 1 amide bonds. The molecule has 9 heteroatoms. The number of fused-ring (bicyclic) bond motifs is 3. The zero-order valence-corrected chi connectivity index (χ0v) is 24.7. The lowest BCUT2D eigenvalue weighted by atomic mass is 9.95. The summed E-state index contributed by atoms with van der Waals surface area (Å²) in [6, 6.07) is 24.5. The number of phenolic OH excluding ortho intramolecular Hbond substituents is 1. The number of ether oxygens (including phenoxy) is 3. The maximum Gasteiger partial charge on any atom is 0.329 e. The number of phenols is 1. The van der Waals surface area contributed by atoms with Crippen LogP contribution >= 0.6 is 0 Å². The fourth-order valence-corrected chi connectivity index (χ4v) is 5.30. The van der Waals surface area contributed by atoms with Crippen molar-refractivity contribution in [1.29, 1.82) is 0 Å². The molecule has 6 rings (SSSR count). The number of hydrogen-bond acceptors (Lipinski definition) is 7. The van der Waals surface area contributed by atoms with Crippen LogP contribution in [0.1, 0.15) is 41.2 Å². The zero-order chi connectivity index (χ0) is 30.7. The predicted molar refractivity (Wildman–Crippen MR) is 166 cm³/mol. The molecule has 0 unspecified atom stereocenters. The van der Waals surface area contributed by atoms with Gasteiger partial charge in [0, 0.05) is 34.5 Å². The SMILES string of the molecule is CC1(C)COC(Cc2nc(C(=O)N[C@@H](Cc3ccc(O)cc3)C(=O)OCc3ccccc3)cc3c2[nH]c2ccccc23)OC1. The van der Waals surface area contributed by atoms with Crippen LogP contribution in [0.5, 0.6) is 5.75 Å². The molecule has 0 saturated carbocycles. The van der Waals surface area contributed by atoms with Gasteiger partial charge in [-0.05, 0) is 35.4 Å². The molecule has 0 aliphatic carbocycles. The fraction of sp³-hybridized carbons (Fsp3) is 0.286. The second-order valence-electron chi connectivity index (χ2n) is 12.0. The summed E-state index contributed by atoms with van der Waals surface area (Å²) >= 11 is 0. The molecule has 1 atom stereocenters. The third-order valence-corrected chi connectivity index (χ3v) is 7.67. The lowest BCUT2D eigenvalue weighted by Crippen LogP contribution is -2.43. The minimum atomic E-state index is -0.994. The summed E-state index contributed by atoms with van der Waals surface area (Å²) in [7, 11) is 0. The van der Waals surface area contributed by atoms with E-state index in [9.17, 15) is 14.7 Å². The molecule has 0 bridgehead atoms. The number of nitrogens with one attached hydrogen (secondary N) is 2. The van der Waals surface area contributed by atoms with E-state index in [0.717, 1.165) is 32.9 Å². The quantitative estimate of drug-likeness (QED) is 0.194. The lowest BCUT2D eigenvalue weighted by Gasteiger charge is -2.34. The number of esters is 1. The number of aromatic hydroxyl groups is 1. The number of aromatic amines is 1. The van der Waals surface area contributed by atoms with Crippen molar-refractivity contribution in [3.63, 3.8) is 0 Å². The van der Waals surface area contributed by atoms with E-state index in [1.54, 1.807) is 30.3 Å². The molecule has 44 heavy (non-hydrogen) atoms. The molecule has 0 spiro atoms. The van der Waals surface area contributed by atoms with Gasteiger partial charge in [0.05, 0.1) is 24.4 Å². The van der Waals surface area contributed by atoms with Gasteiger partial charge in [0.25, 0.3) is 5.91 Å². The molecule has 3 heterocycles. The van der Waals surface area contributed by atoms with Gasteiger partial charge in [0.15, 0.2) is 6.29 Å². The summed E-state index contributed by atoms with van der Waals surface area (Å²) in [6.07, 6.45) is 0.0106. The van der Waals surface area contributed by atoms with Crippen LogP contribution in [0.3, 0.4) is 0 Å². The molecule has 1 aliphatic rings. The van der Waals surface area contributed by atoms with E-state index in [4.69, 9.17) is 19.2 Å². The van der Waals surface area contributed by atoms with Crippen molar-refractivity contribution >= 4 is 33.7 Å². The monoisotopic (exact) mass is 593 g/mol. The number of pyridine rings is 1. The Balaban J connectivity index is 1.29. The van der Waals surface area contributed by atoms with Crippen molar-refractivity contribution in [2.75, 3.05) is 13.2 Å². The molecule has 226 valence electrons. The highest BCUT2D eigenvalue weighted by Gasteiger charge is 2.30. The first-order chi connectivity index (χ1) is 21.2. The van der Waals surface area contributed by atoms with Crippen molar-refractivity contribution in [3.05, 3.63) is 107 Å². The Hall–Kier alpha value is -4.73. The van der Waals surface area contributed by atoms with Gasteiger partial charge in [-0.2, -0.15) is 0 Å². The van der Waals surface area contributed by atoms with E-state index in [1.807, 2.05) is 54.6 Å². The summed E-state index contributed by atoms with van der Waals surface area (Å²) < 4.78 is 17.6. The third kappa shape index (κ3) is 6.74. The van der Waals surface area contributed by atoms with Gasteiger partial charge in [-0.1, -0.05) is 74.5 Å². The highest BCUT2D eigenvalue weighted by molar-refractivity contribution is 6.10.